The maximum absolute atomic E-state index is 11.3. The summed E-state index contributed by atoms with van der Waals surface area (Å²) in [5.41, 5.74) is 0.817. The van der Waals surface area contributed by atoms with E-state index < -0.39 is 5.97 Å². The van der Waals surface area contributed by atoms with Crippen molar-refractivity contribution in [2.24, 2.45) is 0 Å². The normalized spacial score (nSPS) is 9.86. The first-order valence-electron chi connectivity index (χ1n) is 4.51. The van der Waals surface area contributed by atoms with E-state index in [9.17, 15) is 9.59 Å². The minimum Gasteiger partial charge on any atom is -0.461 e. The summed E-state index contributed by atoms with van der Waals surface area (Å²) < 4.78 is 4.89. The molecular weight excluding hydrogens is 182 g/mol. The Kier molecular flexibility index (Phi) is 3.45. The number of hydrogen-bond acceptors (Lipinski definition) is 3. The van der Waals surface area contributed by atoms with Gasteiger partial charge in [-0.3, -0.25) is 4.79 Å². The van der Waals surface area contributed by atoms with Gasteiger partial charge in [0.2, 0.25) is 0 Å². The summed E-state index contributed by atoms with van der Waals surface area (Å²) in [5.74, 6) is -0.491. The molecule has 0 radical (unpaired) electrons. The highest BCUT2D eigenvalue weighted by Crippen LogP contribution is 2.05. The fourth-order valence-electron chi connectivity index (χ4n) is 0.988. The molecule has 0 aliphatic rings. The Morgan fingerprint density at radius 1 is 1.50 bits per heavy atom. The van der Waals surface area contributed by atoms with Gasteiger partial charge in [0.05, 0.1) is 6.61 Å². The van der Waals surface area contributed by atoms with Crippen molar-refractivity contribution in [2.75, 3.05) is 6.61 Å². The Morgan fingerprint density at radius 3 is 2.71 bits per heavy atom. The third-order valence-corrected chi connectivity index (χ3v) is 1.75. The van der Waals surface area contributed by atoms with Gasteiger partial charge in [-0.25, -0.2) is 4.79 Å². The van der Waals surface area contributed by atoms with Crippen molar-refractivity contribution in [3.63, 3.8) is 0 Å². The Morgan fingerprint density at radius 2 is 2.21 bits per heavy atom. The third kappa shape index (κ3) is 2.45. The molecule has 1 aromatic rings. The molecule has 0 saturated heterocycles. The molecule has 0 fully saturated rings. The van der Waals surface area contributed by atoms with Crippen LogP contribution >= 0.6 is 0 Å². The predicted molar refractivity (Wildman–Crippen MR) is 51.4 cm³/mol. The number of hydrogen-bond donors (Lipinski definition) is 1. The van der Waals surface area contributed by atoms with Gasteiger partial charge in [-0.2, -0.15) is 0 Å². The highest BCUT2D eigenvalue weighted by Gasteiger charge is 2.10. The van der Waals surface area contributed by atoms with Crippen LogP contribution in [0.15, 0.2) is 12.3 Å². The molecule has 4 nitrogen and oxygen atoms in total. The first-order valence-corrected chi connectivity index (χ1v) is 4.51. The molecule has 0 spiro atoms. The Labute approximate surface area is 82.3 Å². The van der Waals surface area contributed by atoms with Crippen LogP contribution < -0.4 is 0 Å². The van der Waals surface area contributed by atoms with E-state index in [1.165, 1.54) is 19.2 Å². The Bertz CT molecular complexity index is 341. The van der Waals surface area contributed by atoms with Crippen molar-refractivity contribution >= 4 is 11.8 Å². The monoisotopic (exact) mass is 195 g/mol. The highest BCUT2D eigenvalue weighted by atomic mass is 16.5. The minimum absolute atomic E-state index is 0.0733. The molecule has 1 N–H and O–H groups in total. The van der Waals surface area contributed by atoms with Crippen LogP contribution in [0.3, 0.4) is 0 Å². The first-order chi connectivity index (χ1) is 6.65. The number of esters is 1. The number of Topliss-reactive ketones (excluding diaryl/α,β-unsaturated/α-hetero) is 1. The molecule has 0 aliphatic carbocycles. The lowest BCUT2D eigenvalue weighted by atomic mass is 10.2. The van der Waals surface area contributed by atoms with Gasteiger partial charge < -0.3 is 9.72 Å². The van der Waals surface area contributed by atoms with Crippen LogP contribution in [0, 0.1) is 0 Å². The number of ketones is 1. The smallest absolute Gasteiger partial charge is 0.354 e. The topological polar surface area (TPSA) is 59.2 Å². The second-order valence-electron chi connectivity index (χ2n) is 2.99. The molecule has 76 valence electrons. The van der Waals surface area contributed by atoms with E-state index >= 15 is 0 Å². The predicted octanol–water partition coefficient (Wildman–Crippen LogP) is 1.78. The van der Waals surface area contributed by atoms with Gasteiger partial charge in [0.25, 0.3) is 0 Å². The van der Waals surface area contributed by atoms with Crippen LogP contribution in [-0.4, -0.2) is 23.3 Å². The molecule has 0 aliphatic heterocycles. The standard InChI is InChI=1S/C10H13NO3/c1-3-4-14-10(13)9-5-8(6-11-9)7(2)12/h5-6,11H,3-4H2,1-2H3. The van der Waals surface area contributed by atoms with Gasteiger partial charge >= 0.3 is 5.97 Å². The van der Waals surface area contributed by atoms with Crippen molar-refractivity contribution < 1.29 is 14.3 Å². The molecule has 0 unspecified atom stereocenters. The van der Waals surface area contributed by atoms with E-state index in [2.05, 4.69) is 4.98 Å². The van der Waals surface area contributed by atoms with Gasteiger partial charge in [-0.05, 0) is 19.4 Å². The summed E-state index contributed by atoms with van der Waals surface area (Å²) in [7, 11) is 0. The molecule has 14 heavy (non-hydrogen) atoms. The molecule has 0 saturated carbocycles. The first kappa shape index (κ1) is 10.5. The summed E-state index contributed by atoms with van der Waals surface area (Å²) in [6, 6.07) is 1.50. The van der Waals surface area contributed by atoms with Crippen LogP contribution in [0.25, 0.3) is 0 Å². The highest BCUT2D eigenvalue weighted by molar-refractivity contribution is 5.97. The van der Waals surface area contributed by atoms with E-state index in [0.717, 1.165) is 6.42 Å². The van der Waals surface area contributed by atoms with Crippen LogP contribution in [0.2, 0.25) is 0 Å². The molecule has 1 aromatic heterocycles. The zero-order valence-corrected chi connectivity index (χ0v) is 8.29. The summed E-state index contributed by atoms with van der Waals surface area (Å²) in [4.78, 5) is 24.9. The maximum Gasteiger partial charge on any atom is 0.354 e. The Balaban J connectivity index is 2.66. The zero-order valence-electron chi connectivity index (χ0n) is 8.29. The van der Waals surface area contributed by atoms with E-state index in [-0.39, 0.29) is 5.78 Å². The summed E-state index contributed by atoms with van der Waals surface area (Å²) in [6.07, 6.45) is 2.29. The quantitative estimate of drug-likeness (QED) is 0.588. The van der Waals surface area contributed by atoms with Crippen LogP contribution in [0.5, 0.6) is 0 Å². The fourth-order valence-corrected chi connectivity index (χ4v) is 0.988. The molecule has 0 amide bonds. The number of carbonyl (C=O) groups is 2. The lowest BCUT2D eigenvalue weighted by Gasteiger charge is -1.99. The molecule has 4 heteroatoms. The second kappa shape index (κ2) is 4.60. The summed E-state index contributed by atoms with van der Waals surface area (Å²) >= 11 is 0. The molecule has 1 rings (SSSR count). The fraction of sp³-hybridized carbons (Fsp3) is 0.400. The van der Waals surface area contributed by atoms with Crippen molar-refractivity contribution in [1.29, 1.82) is 0 Å². The van der Waals surface area contributed by atoms with E-state index in [4.69, 9.17) is 4.74 Å². The van der Waals surface area contributed by atoms with Crippen molar-refractivity contribution in [3.05, 3.63) is 23.5 Å². The summed E-state index contributed by atoms with van der Waals surface area (Å²) in [5, 5.41) is 0. The van der Waals surface area contributed by atoms with Crippen molar-refractivity contribution in [3.8, 4) is 0 Å². The number of H-pyrrole nitrogens is 1. The SMILES string of the molecule is CCCOC(=O)c1cc(C(C)=O)c[nH]1. The molecule has 0 aromatic carbocycles. The average molecular weight is 195 g/mol. The molecule has 1 heterocycles. The van der Waals surface area contributed by atoms with Crippen LogP contribution in [0.1, 0.15) is 41.1 Å². The van der Waals surface area contributed by atoms with E-state index in [1.54, 1.807) is 0 Å². The largest absolute Gasteiger partial charge is 0.461 e. The van der Waals surface area contributed by atoms with Gasteiger partial charge in [0.1, 0.15) is 5.69 Å². The average Bonchev–Trinajstić information content (AvgIpc) is 2.62. The number of nitrogens with one attached hydrogen (secondary N) is 1. The maximum atomic E-state index is 11.3. The van der Waals surface area contributed by atoms with Gasteiger partial charge in [0.15, 0.2) is 5.78 Å². The number of aromatic nitrogens is 1. The Hall–Kier alpha value is -1.58. The van der Waals surface area contributed by atoms with Gasteiger partial charge in [0, 0.05) is 11.8 Å². The third-order valence-electron chi connectivity index (χ3n) is 1.75. The minimum atomic E-state index is -0.417. The van der Waals surface area contributed by atoms with Crippen molar-refractivity contribution in [2.45, 2.75) is 20.3 Å². The second-order valence-corrected chi connectivity index (χ2v) is 2.99. The lowest BCUT2D eigenvalue weighted by Crippen LogP contribution is -2.05. The number of ether oxygens (including phenoxy) is 1. The lowest BCUT2D eigenvalue weighted by molar-refractivity contribution is 0.0499. The van der Waals surface area contributed by atoms with Crippen molar-refractivity contribution in [1.82, 2.24) is 4.98 Å². The number of aromatic amines is 1. The summed E-state index contributed by atoms with van der Waals surface area (Å²) in [6.45, 7) is 3.76. The van der Waals surface area contributed by atoms with Crippen LogP contribution in [0.4, 0.5) is 0 Å². The van der Waals surface area contributed by atoms with E-state index in [0.29, 0.717) is 17.9 Å². The van der Waals surface area contributed by atoms with Gasteiger partial charge in [-0.15, -0.1) is 0 Å². The number of carbonyl (C=O) groups excluding carboxylic acids is 2. The molecule has 0 bridgehead atoms. The molecular formula is C10H13NO3. The van der Waals surface area contributed by atoms with Crippen LogP contribution in [-0.2, 0) is 4.74 Å². The van der Waals surface area contributed by atoms with Gasteiger partial charge in [-0.1, -0.05) is 6.92 Å². The van der Waals surface area contributed by atoms with E-state index in [1.807, 2.05) is 6.92 Å². The zero-order chi connectivity index (χ0) is 10.6. The molecule has 0 atom stereocenters. The number of rotatable bonds is 4.